The van der Waals surface area contributed by atoms with E-state index in [2.05, 4.69) is 15.3 Å². The molecule has 1 amide bonds. The fourth-order valence-corrected chi connectivity index (χ4v) is 2.52. The molecule has 0 spiro atoms. The van der Waals surface area contributed by atoms with Gasteiger partial charge in [0.25, 0.3) is 11.8 Å². The van der Waals surface area contributed by atoms with Crippen molar-refractivity contribution in [1.29, 1.82) is 5.26 Å². The van der Waals surface area contributed by atoms with Crippen LogP contribution in [0.4, 0.5) is 10.1 Å². The number of nitriles is 1. The van der Waals surface area contributed by atoms with Gasteiger partial charge < -0.3 is 14.8 Å². The first kappa shape index (κ1) is 20.8. The van der Waals surface area contributed by atoms with E-state index in [0.29, 0.717) is 17.0 Å². The summed E-state index contributed by atoms with van der Waals surface area (Å²) in [5.41, 5.74) is 0.902. The van der Waals surface area contributed by atoms with E-state index in [1.54, 1.807) is 36.4 Å². The quantitative estimate of drug-likeness (QED) is 0.352. The lowest BCUT2D eigenvalue weighted by molar-refractivity contribution is -0.112. The van der Waals surface area contributed by atoms with Gasteiger partial charge in [0.05, 0.1) is 19.0 Å². The number of hydrogen-bond acceptors (Lipinski definition) is 6. The highest BCUT2D eigenvalue weighted by molar-refractivity contribution is 6.28. The predicted molar refractivity (Wildman–Crippen MR) is 109 cm³/mol. The molecular weight excluding hydrogens is 411 g/mol. The van der Waals surface area contributed by atoms with Crippen molar-refractivity contribution in [3.05, 3.63) is 77.0 Å². The number of hydrogen-bond donors (Lipinski definition) is 1. The van der Waals surface area contributed by atoms with Crippen molar-refractivity contribution in [2.24, 2.45) is 0 Å². The van der Waals surface area contributed by atoms with Gasteiger partial charge in [-0.3, -0.25) is 4.79 Å². The summed E-state index contributed by atoms with van der Waals surface area (Å²) in [6, 6.07) is 15.0. The predicted octanol–water partition coefficient (Wildman–Crippen LogP) is 4.62. The van der Waals surface area contributed by atoms with Gasteiger partial charge in [0.2, 0.25) is 11.1 Å². The van der Waals surface area contributed by atoms with Crippen molar-refractivity contribution >= 4 is 29.3 Å². The van der Waals surface area contributed by atoms with Gasteiger partial charge in [-0.15, -0.1) is 0 Å². The van der Waals surface area contributed by atoms with Crippen molar-refractivity contribution in [3.8, 4) is 23.4 Å². The lowest BCUT2D eigenvalue weighted by atomic mass is 10.1. The number of methoxy groups -OCH3 is 1. The van der Waals surface area contributed by atoms with Crippen LogP contribution in [0.15, 0.2) is 60.3 Å². The fraction of sp³-hybridized carbons (Fsp3) is 0.0476. The average molecular weight is 425 g/mol. The number of para-hydroxylation sites is 2. The van der Waals surface area contributed by atoms with Crippen molar-refractivity contribution < 1.29 is 18.7 Å². The molecule has 7 nitrogen and oxygen atoms in total. The lowest BCUT2D eigenvalue weighted by Gasteiger charge is -2.09. The second kappa shape index (κ2) is 9.49. The van der Waals surface area contributed by atoms with Crippen LogP contribution in [0, 0.1) is 17.1 Å². The monoisotopic (exact) mass is 424 g/mol. The van der Waals surface area contributed by atoms with Gasteiger partial charge in [-0.25, -0.2) is 4.98 Å². The highest BCUT2D eigenvalue weighted by Gasteiger charge is 2.13. The Balaban J connectivity index is 1.75. The van der Waals surface area contributed by atoms with Gasteiger partial charge in [-0.1, -0.05) is 24.3 Å². The molecule has 1 N–H and O–H groups in total. The SMILES string of the molecule is COc1ccccc1NC(=O)/C(C#N)=C\c1ccc(Oc2nc(Cl)ncc2F)cc1. The zero-order chi connectivity index (χ0) is 21.5. The summed E-state index contributed by atoms with van der Waals surface area (Å²) in [4.78, 5) is 19.6. The van der Waals surface area contributed by atoms with E-state index in [4.69, 9.17) is 21.1 Å². The number of carbonyl (C=O) groups is 1. The molecule has 30 heavy (non-hydrogen) atoms. The van der Waals surface area contributed by atoms with E-state index >= 15 is 0 Å². The van der Waals surface area contributed by atoms with Gasteiger partial charge in [0, 0.05) is 0 Å². The first-order valence-corrected chi connectivity index (χ1v) is 8.90. The summed E-state index contributed by atoms with van der Waals surface area (Å²) in [6.45, 7) is 0. The van der Waals surface area contributed by atoms with Gasteiger partial charge in [-0.05, 0) is 47.5 Å². The minimum atomic E-state index is -0.761. The standard InChI is InChI=1S/C21H14ClFN4O3/c1-29-18-5-3-2-4-17(18)26-19(28)14(11-24)10-13-6-8-15(9-7-13)30-20-16(23)12-25-21(22)27-20/h2-10,12H,1H3,(H,26,28)/b14-10-. The Morgan fingerprint density at radius 3 is 2.67 bits per heavy atom. The molecule has 3 rings (SSSR count). The Morgan fingerprint density at radius 2 is 1.97 bits per heavy atom. The van der Waals surface area contributed by atoms with E-state index in [9.17, 15) is 14.4 Å². The van der Waals surface area contributed by atoms with E-state index in [-0.39, 0.29) is 22.5 Å². The summed E-state index contributed by atoms with van der Waals surface area (Å²) in [6.07, 6.45) is 2.32. The topological polar surface area (TPSA) is 97.1 Å². The maximum Gasteiger partial charge on any atom is 0.266 e. The van der Waals surface area contributed by atoms with Crippen LogP contribution in [-0.2, 0) is 4.79 Å². The van der Waals surface area contributed by atoms with Crippen molar-refractivity contribution in [2.75, 3.05) is 12.4 Å². The summed E-state index contributed by atoms with van der Waals surface area (Å²) in [5, 5.41) is 11.9. The highest BCUT2D eigenvalue weighted by Crippen LogP contribution is 2.25. The molecule has 9 heteroatoms. The number of rotatable bonds is 6. The lowest BCUT2D eigenvalue weighted by Crippen LogP contribution is -2.14. The van der Waals surface area contributed by atoms with Crippen LogP contribution in [0.2, 0.25) is 5.28 Å². The first-order valence-electron chi connectivity index (χ1n) is 8.52. The Labute approximate surface area is 176 Å². The molecule has 0 radical (unpaired) electrons. The van der Waals surface area contributed by atoms with Crippen molar-refractivity contribution in [2.45, 2.75) is 0 Å². The van der Waals surface area contributed by atoms with E-state index in [1.807, 2.05) is 6.07 Å². The number of carbonyl (C=O) groups excluding carboxylic acids is 1. The van der Waals surface area contributed by atoms with Crippen LogP contribution in [0.25, 0.3) is 6.08 Å². The van der Waals surface area contributed by atoms with Gasteiger partial charge in [0.1, 0.15) is 23.1 Å². The molecule has 2 aromatic carbocycles. The van der Waals surface area contributed by atoms with Crippen LogP contribution in [0.3, 0.4) is 0 Å². The Hall–Kier alpha value is -3.96. The second-order valence-electron chi connectivity index (χ2n) is 5.79. The number of aromatic nitrogens is 2. The molecule has 1 heterocycles. The number of halogens is 2. The number of nitrogens with one attached hydrogen (secondary N) is 1. The Kier molecular flexibility index (Phi) is 6.57. The Bertz CT molecular complexity index is 1140. The second-order valence-corrected chi connectivity index (χ2v) is 6.13. The molecule has 0 aliphatic rings. The third kappa shape index (κ3) is 5.10. The molecule has 1 aromatic heterocycles. The summed E-state index contributed by atoms with van der Waals surface area (Å²) in [7, 11) is 1.48. The largest absolute Gasteiger partial charge is 0.495 e. The molecule has 0 saturated heterocycles. The molecule has 0 saturated carbocycles. The van der Waals surface area contributed by atoms with E-state index in [0.717, 1.165) is 6.20 Å². The van der Waals surface area contributed by atoms with Gasteiger partial charge in [-0.2, -0.15) is 14.6 Å². The van der Waals surface area contributed by atoms with Crippen LogP contribution in [0.1, 0.15) is 5.56 Å². The number of ether oxygens (including phenoxy) is 2. The summed E-state index contributed by atoms with van der Waals surface area (Å²) < 4.78 is 24.2. The van der Waals surface area contributed by atoms with Gasteiger partial charge in [0.15, 0.2) is 0 Å². The zero-order valence-corrected chi connectivity index (χ0v) is 16.4. The molecule has 0 aliphatic heterocycles. The average Bonchev–Trinajstić information content (AvgIpc) is 2.76. The van der Waals surface area contributed by atoms with Gasteiger partial charge >= 0.3 is 0 Å². The van der Waals surface area contributed by atoms with Crippen LogP contribution in [0.5, 0.6) is 17.4 Å². The minimum absolute atomic E-state index is 0.108. The third-order valence-electron chi connectivity index (χ3n) is 3.81. The molecule has 0 unspecified atom stereocenters. The normalized spacial score (nSPS) is 10.8. The fourth-order valence-electron chi connectivity index (χ4n) is 2.40. The molecular formula is C21H14ClFN4O3. The molecule has 3 aromatic rings. The molecule has 150 valence electrons. The smallest absolute Gasteiger partial charge is 0.266 e. The maximum atomic E-state index is 13.7. The van der Waals surface area contributed by atoms with E-state index in [1.165, 1.54) is 25.3 Å². The van der Waals surface area contributed by atoms with Crippen LogP contribution >= 0.6 is 11.6 Å². The van der Waals surface area contributed by atoms with Crippen molar-refractivity contribution in [3.63, 3.8) is 0 Å². The minimum Gasteiger partial charge on any atom is -0.495 e. The summed E-state index contributed by atoms with van der Waals surface area (Å²) >= 11 is 5.64. The number of nitrogens with zero attached hydrogens (tertiary/aromatic N) is 3. The Morgan fingerprint density at radius 1 is 1.23 bits per heavy atom. The highest BCUT2D eigenvalue weighted by atomic mass is 35.5. The zero-order valence-electron chi connectivity index (χ0n) is 15.6. The number of amides is 1. The number of anilines is 1. The van der Waals surface area contributed by atoms with E-state index < -0.39 is 11.7 Å². The molecule has 0 bridgehead atoms. The third-order valence-corrected chi connectivity index (χ3v) is 3.99. The molecule has 0 atom stereocenters. The van der Waals surface area contributed by atoms with Crippen LogP contribution < -0.4 is 14.8 Å². The molecule has 0 aliphatic carbocycles. The maximum absolute atomic E-state index is 13.7. The first-order chi connectivity index (χ1) is 14.5. The van der Waals surface area contributed by atoms with Crippen molar-refractivity contribution in [1.82, 2.24) is 9.97 Å². The summed E-state index contributed by atoms with van der Waals surface area (Å²) in [5.74, 6) is -0.894. The number of benzene rings is 2. The molecule has 0 fully saturated rings. The van der Waals surface area contributed by atoms with Crippen LogP contribution in [-0.4, -0.2) is 23.0 Å².